The summed E-state index contributed by atoms with van der Waals surface area (Å²) in [6.45, 7) is 4.73. The van der Waals surface area contributed by atoms with Gasteiger partial charge in [0.15, 0.2) is 0 Å². The van der Waals surface area contributed by atoms with Crippen LogP contribution in [0.25, 0.3) is 0 Å². The number of aryl methyl sites for hydroxylation is 1. The Labute approximate surface area is 109 Å². The van der Waals surface area contributed by atoms with Crippen LogP contribution in [0.4, 0.5) is 5.82 Å². The van der Waals surface area contributed by atoms with E-state index in [2.05, 4.69) is 31.3 Å². The highest BCUT2D eigenvalue weighted by Gasteiger charge is 2.09. The molecule has 0 unspecified atom stereocenters. The Morgan fingerprint density at radius 3 is 2.71 bits per heavy atom. The molecule has 4 nitrogen and oxygen atoms in total. The Balaban J connectivity index is 2.28. The molecule has 90 valence electrons. The molecule has 2 aromatic rings. The van der Waals surface area contributed by atoms with Gasteiger partial charge in [0.05, 0.1) is 28.1 Å². The fraction of sp³-hybridized carbons (Fsp3) is 0.333. The predicted octanol–water partition coefficient (Wildman–Crippen LogP) is 2.75. The highest BCUT2D eigenvalue weighted by atomic mass is 79.9. The van der Waals surface area contributed by atoms with Gasteiger partial charge >= 0.3 is 0 Å². The Bertz CT molecular complexity index is 533. The fourth-order valence-electron chi connectivity index (χ4n) is 1.69. The molecule has 2 rings (SSSR count). The van der Waals surface area contributed by atoms with E-state index in [4.69, 9.17) is 0 Å². The number of nitrogens with zero attached hydrogens (tertiary/aromatic N) is 3. The van der Waals surface area contributed by atoms with E-state index in [9.17, 15) is 0 Å². The molecular weight excluding hydrogens is 280 g/mol. The molecule has 0 bridgehead atoms. The first-order valence-corrected chi connectivity index (χ1v) is 6.24. The first kappa shape index (κ1) is 12.1. The summed E-state index contributed by atoms with van der Waals surface area (Å²) in [5, 5.41) is 7.50. The molecule has 0 radical (unpaired) electrons. The van der Waals surface area contributed by atoms with E-state index in [1.54, 1.807) is 0 Å². The average Bonchev–Trinajstić information content (AvgIpc) is 2.57. The Morgan fingerprint density at radius 1 is 1.35 bits per heavy atom. The number of nitrogens with one attached hydrogen (secondary N) is 1. The summed E-state index contributed by atoms with van der Waals surface area (Å²) in [4.78, 5) is 4.48. The van der Waals surface area contributed by atoms with E-state index in [-0.39, 0.29) is 0 Å². The molecule has 0 saturated heterocycles. The number of hydrogen-bond acceptors (Lipinski definition) is 3. The second kappa shape index (κ2) is 4.87. The molecule has 17 heavy (non-hydrogen) atoms. The second-order valence-electron chi connectivity index (χ2n) is 3.91. The van der Waals surface area contributed by atoms with Crippen molar-refractivity contribution >= 4 is 21.7 Å². The molecule has 0 aliphatic carbocycles. The van der Waals surface area contributed by atoms with E-state index < -0.39 is 0 Å². The van der Waals surface area contributed by atoms with Crippen LogP contribution >= 0.6 is 15.9 Å². The van der Waals surface area contributed by atoms with Gasteiger partial charge in [-0.15, -0.1) is 0 Å². The van der Waals surface area contributed by atoms with Gasteiger partial charge in [0.25, 0.3) is 0 Å². The first-order valence-electron chi connectivity index (χ1n) is 5.45. The van der Waals surface area contributed by atoms with Crippen molar-refractivity contribution in [1.82, 2.24) is 14.8 Å². The van der Waals surface area contributed by atoms with Crippen molar-refractivity contribution in [3.05, 3.63) is 39.8 Å². The normalized spacial score (nSPS) is 10.6. The van der Waals surface area contributed by atoms with Gasteiger partial charge in [0.1, 0.15) is 5.82 Å². The van der Waals surface area contributed by atoms with Crippen molar-refractivity contribution in [2.45, 2.75) is 20.4 Å². The van der Waals surface area contributed by atoms with Crippen LogP contribution in [0.3, 0.4) is 0 Å². The molecule has 2 heterocycles. The van der Waals surface area contributed by atoms with E-state index in [1.807, 2.05) is 43.8 Å². The summed E-state index contributed by atoms with van der Waals surface area (Å²) in [6, 6.07) is 5.95. The smallest absolute Gasteiger partial charge is 0.126 e. The van der Waals surface area contributed by atoms with E-state index in [0.29, 0.717) is 6.54 Å². The maximum Gasteiger partial charge on any atom is 0.126 e. The van der Waals surface area contributed by atoms with Gasteiger partial charge < -0.3 is 5.32 Å². The topological polar surface area (TPSA) is 42.7 Å². The third-order valence-corrected chi connectivity index (χ3v) is 3.82. The predicted molar refractivity (Wildman–Crippen MR) is 72.3 cm³/mol. The highest BCUT2D eigenvalue weighted by molar-refractivity contribution is 9.10. The van der Waals surface area contributed by atoms with Crippen LogP contribution in [0, 0.1) is 13.8 Å². The van der Waals surface area contributed by atoms with Crippen LogP contribution in [0.1, 0.15) is 17.1 Å². The molecule has 1 N–H and O–H groups in total. The van der Waals surface area contributed by atoms with Gasteiger partial charge in [-0.3, -0.25) is 4.68 Å². The summed E-state index contributed by atoms with van der Waals surface area (Å²) in [7, 11) is 1.87. The monoisotopic (exact) mass is 294 g/mol. The molecular formula is C12H15BrN4. The van der Waals surface area contributed by atoms with E-state index in [0.717, 1.165) is 27.4 Å². The fourth-order valence-corrected chi connectivity index (χ4v) is 1.97. The summed E-state index contributed by atoms with van der Waals surface area (Å²) in [6.07, 6.45) is 0. The minimum absolute atomic E-state index is 0.688. The summed E-state index contributed by atoms with van der Waals surface area (Å²) in [5.74, 6) is 0.878. The number of rotatable bonds is 3. The molecule has 0 fully saturated rings. The first-order chi connectivity index (χ1) is 8.11. The Kier molecular flexibility index (Phi) is 3.47. The van der Waals surface area contributed by atoms with Gasteiger partial charge in [-0.2, -0.15) is 5.10 Å². The van der Waals surface area contributed by atoms with Crippen LogP contribution in [0.5, 0.6) is 0 Å². The van der Waals surface area contributed by atoms with Gasteiger partial charge in [0, 0.05) is 7.05 Å². The lowest BCUT2D eigenvalue weighted by molar-refractivity contribution is 0.647. The van der Waals surface area contributed by atoms with E-state index >= 15 is 0 Å². The van der Waals surface area contributed by atoms with E-state index in [1.165, 1.54) is 0 Å². The molecule has 0 aliphatic heterocycles. The lowest BCUT2D eigenvalue weighted by Gasteiger charge is -2.06. The average molecular weight is 295 g/mol. The highest BCUT2D eigenvalue weighted by Crippen LogP contribution is 2.20. The standard InChI is InChI=1S/C12H15BrN4/c1-8-12(13)9(2)17(16-8)7-10-5-4-6-11(14-3)15-10/h4-6H,7H2,1-3H3,(H,14,15). The lowest BCUT2D eigenvalue weighted by Crippen LogP contribution is -2.06. The van der Waals surface area contributed by atoms with Crippen LogP contribution in [0.15, 0.2) is 22.7 Å². The number of pyridine rings is 1. The third kappa shape index (κ3) is 2.49. The summed E-state index contributed by atoms with van der Waals surface area (Å²) >= 11 is 3.53. The SMILES string of the molecule is CNc1cccc(Cn2nc(C)c(Br)c2C)n1. The largest absolute Gasteiger partial charge is 0.373 e. The molecule has 0 saturated carbocycles. The zero-order valence-corrected chi connectivity index (χ0v) is 11.7. The van der Waals surface area contributed by atoms with Gasteiger partial charge in [0.2, 0.25) is 0 Å². The summed E-state index contributed by atoms with van der Waals surface area (Å²) < 4.78 is 3.03. The molecule has 2 aromatic heterocycles. The quantitative estimate of drug-likeness (QED) is 0.946. The molecule has 0 aromatic carbocycles. The van der Waals surface area contributed by atoms with Crippen LogP contribution in [-0.4, -0.2) is 21.8 Å². The van der Waals surface area contributed by atoms with Crippen LogP contribution < -0.4 is 5.32 Å². The van der Waals surface area contributed by atoms with Crippen molar-refractivity contribution in [1.29, 1.82) is 0 Å². The maximum atomic E-state index is 4.48. The Morgan fingerprint density at radius 2 is 2.12 bits per heavy atom. The number of aromatic nitrogens is 3. The van der Waals surface area contributed by atoms with Crippen molar-refractivity contribution < 1.29 is 0 Å². The molecule has 0 atom stereocenters. The molecule has 0 spiro atoms. The van der Waals surface area contributed by atoms with Crippen LogP contribution in [0.2, 0.25) is 0 Å². The molecule has 0 aliphatic rings. The van der Waals surface area contributed by atoms with Gasteiger partial charge in [-0.25, -0.2) is 4.98 Å². The zero-order valence-electron chi connectivity index (χ0n) is 10.2. The van der Waals surface area contributed by atoms with Crippen molar-refractivity contribution in [3.8, 4) is 0 Å². The lowest BCUT2D eigenvalue weighted by atomic mass is 10.3. The van der Waals surface area contributed by atoms with Crippen molar-refractivity contribution in [2.24, 2.45) is 0 Å². The van der Waals surface area contributed by atoms with Gasteiger partial charge in [-0.05, 0) is 41.9 Å². The zero-order chi connectivity index (χ0) is 12.4. The van der Waals surface area contributed by atoms with Crippen LogP contribution in [-0.2, 0) is 6.54 Å². The number of hydrogen-bond donors (Lipinski definition) is 1. The molecule has 5 heteroatoms. The van der Waals surface area contributed by atoms with Crippen molar-refractivity contribution in [2.75, 3.05) is 12.4 Å². The summed E-state index contributed by atoms with van der Waals surface area (Å²) in [5.41, 5.74) is 3.13. The minimum atomic E-state index is 0.688. The number of anilines is 1. The second-order valence-corrected chi connectivity index (χ2v) is 4.70. The minimum Gasteiger partial charge on any atom is -0.373 e. The molecule has 0 amide bonds. The van der Waals surface area contributed by atoms with Crippen molar-refractivity contribution in [3.63, 3.8) is 0 Å². The number of halogens is 1. The Hall–Kier alpha value is -1.36. The maximum absolute atomic E-state index is 4.48. The third-order valence-electron chi connectivity index (χ3n) is 2.67. The van der Waals surface area contributed by atoms with Gasteiger partial charge in [-0.1, -0.05) is 6.07 Å².